The first-order valence-electron chi connectivity index (χ1n) is 6.70. The summed E-state index contributed by atoms with van der Waals surface area (Å²) in [5, 5.41) is 0. The lowest BCUT2D eigenvalue weighted by atomic mass is 9.90. The number of hydrogen-bond acceptors (Lipinski definition) is 4. The summed E-state index contributed by atoms with van der Waals surface area (Å²) in [7, 11) is -4.04. The van der Waals surface area contributed by atoms with Gasteiger partial charge >= 0.3 is 0 Å². The van der Waals surface area contributed by atoms with Gasteiger partial charge in [0.25, 0.3) is 0 Å². The van der Waals surface area contributed by atoms with Crippen molar-refractivity contribution in [3.63, 3.8) is 0 Å². The molecule has 1 aliphatic rings. The number of rotatable bonds is 6. The van der Waals surface area contributed by atoms with Crippen molar-refractivity contribution in [3.05, 3.63) is 29.3 Å². The van der Waals surface area contributed by atoms with E-state index in [0.717, 1.165) is 12.1 Å². The highest BCUT2D eigenvalue weighted by molar-refractivity contribution is 7.89. The predicted octanol–water partition coefficient (Wildman–Crippen LogP) is 1.27. The minimum Gasteiger partial charge on any atom is -0.378 e. The molecule has 0 aromatic heterocycles. The molecule has 0 aliphatic heterocycles. The molecule has 0 bridgehead atoms. The minimum absolute atomic E-state index is 0.0281. The Bertz CT molecular complexity index is 616. The lowest BCUT2D eigenvalue weighted by molar-refractivity contribution is -0.00476. The van der Waals surface area contributed by atoms with Gasteiger partial charge in [0.15, 0.2) is 5.82 Å². The number of halogens is 2. The van der Waals surface area contributed by atoms with E-state index in [1.807, 2.05) is 6.92 Å². The molecule has 0 radical (unpaired) electrons. The summed E-state index contributed by atoms with van der Waals surface area (Å²) in [6.45, 7) is 2.02. The van der Waals surface area contributed by atoms with E-state index in [2.05, 4.69) is 4.72 Å². The average molecular weight is 320 g/mol. The third kappa shape index (κ3) is 3.39. The summed E-state index contributed by atoms with van der Waals surface area (Å²) in [6.07, 6.45) is 1.11. The molecule has 1 aromatic rings. The zero-order valence-electron chi connectivity index (χ0n) is 11.6. The molecule has 3 N–H and O–H groups in total. The zero-order chi connectivity index (χ0) is 15.6. The Labute approximate surface area is 122 Å². The molecular formula is C13H18F2N2O3S. The Morgan fingerprint density at radius 1 is 1.38 bits per heavy atom. The number of ether oxygens (including phenoxy) is 1. The molecule has 0 atom stereocenters. The second-order valence-corrected chi connectivity index (χ2v) is 6.59. The molecule has 1 aliphatic carbocycles. The fourth-order valence-corrected chi connectivity index (χ4v) is 3.65. The van der Waals surface area contributed by atoms with E-state index in [1.54, 1.807) is 0 Å². The summed E-state index contributed by atoms with van der Waals surface area (Å²) in [5.74, 6) is -1.99. The van der Waals surface area contributed by atoms with Crippen LogP contribution in [0, 0.1) is 11.6 Å². The van der Waals surface area contributed by atoms with Gasteiger partial charge in [-0.1, -0.05) is 0 Å². The zero-order valence-corrected chi connectivity index (χ0v) is 12.4. The summed E-state index contributed by atoms with van der Waals surface area (Å²) < 4.78 is 59.4. The summed E-state index contributed by atoms with van der Waals surface area (Å²) >= 11 is 0. The van der Waals surface area contributed by atoms with Crippen LogP contribution in [-0.4, -0.2) is 27.2 Å². The van der Waals surface area contributed by atoms with Crippen LogP contribution in [0.2, 0.25) is 0 Å². The molecular weight excluding hydrogens is 302 g/mol. The maximum Gasteiger partial charge on any atom is 0.243 e. The summed E-state index contributed by atoms with van der Waals surface area (Å²) in [5.41, 5.74) is 4.81. The van der Waals surface area contributed by atoms with Crippen molar-refractivity contribution in [1.29, 1.82) is 0 Å². The molecule has 0 spiro atoms. The molecule has 21 heavy (non-hydrogen) atoms. The summed E-state index contributed by atoms with van der Waals surface area (Å²) in [6, 6.07) is 1.52. The molecule has 0 amide bonds. The molecule has 118 valence electrons. The number of nitrogens with one attached hydrogen (secondary N) is 1. The van der Waals surface area contributed by atoms with Crippen molar-refractivity contribution in [2.75, 3.05) is 6.61 Å². The molecule has 0 heterocycles. The Kier molecular flexibility index (Phi) is 4.92. The van der Waals surface area contributed by atoms with E-state index in [1.165, 1.54) is 0 Å². The van der Waals surface area contributed by atoms with Gasteiger partial charge < -0.3 is 10.5 Å². The van der Waals surface area contributed by atoms with E-state index < -0.39 is 38.7 Å². The number of sulfonamides is 1. The number of nitrogens with two attached hydrogens (primary N) is 1. The normalized spacial score (nSPS) is 22.1. The van der Waals surface area contributed by atoms with Gasteiger partial charge in [0.2, 0.25) is 10.0 Å². The van der Waals surface area contributed by atoms with Gasteiger partial charge in [-0.2, -0.15) is 0 Å². The standard InChI is InChI=1S/C13H18F2N2O3S/c1-2-20-9-5-8(6-9)17-21(18,19)12-4-3-11(14)10(7-16)13(12)15/h3-4,8-9,17H,2,5-7,16H2,1H3. The van der Waals surface area contributed by atoms with Crippen LogP contribution in [0.1, 0.15) is 25.3 Å². The Morgan fingerprint density at radius 3 is 2.62 bits per heavy atom. The maximum atomic E-state index is 14.0. The number of hydrogen-bond donors (Lipinski definition) is 2. The smallest absolute Gasteiger partial charge is 0.243 e. The quantitative estimate of drug-likeness (QED) is 0.827. The van der Waals surface area contributed by atoms with Crippen molar-refractivity contribution >= 4 is 10.0 Å². The Hall–Kier alpha value is -1.09. The Morgan fingerprint density at radius 2 is 2.05 bits per heavy atom. The van der Waals surface area contributed by atoms with Crippen LogP contribution < -0.4 is 10.5 Å². The first kappa shape index (κ1) is 16.3. The van der Waals surface area contributed by atoms with Crippen LogP contribution in [0.5, 0.6) is 0 Å². The molecule has 0 unspecified atom stereocenters. The molecule has 1 saturated carbocycles. The maximum absolute atomic E-state index is 14.0. The van der Waals surface area contributed by atoms with Gasteiger partial charge in [0.1, 0.15) is 10.7 Å². The Balaban J connectivity index is 2.14. The molecule has 8 heteroatoms. The van der Waals surface area contributed by atoms with Crippen molar-refractivity contribution in [3.8, 4) is 0 Å². The van der Waals surface area contributed by atoms with Crippen molar-refractivity contribution < 1.29 is 21.9 Å². The monoisotopic (exact) mass is 320 g/mol. The van der Waals surface area contributed by atoms with Crippen molar-refractivity contribution in [1.82, 2.24) is 4.72 Å². The first-order valence-corrected chi connectivity index (χ1v) is 8.18. The van der Waals surface area contributed by atoms with Crippen LogP contribution >= 0.6 is 0 Å². The van der Waals surface area contributed by atoms with Gasteiger partial charge in [-0.15, -0.1) is 0 Å². The highest BCUT2D eigenvalue weighted by Crippen LogP contribution is 2.26. The lowest BCUT2D eigenvalue weighted by Gasteiger charge is -2.35. The molecule has 1 fully saturated rings. The highest BCUT2D eigenvalue weighted by Gasteiger charge is 2.34. The predicted molar refractivity (Wildman–Crippen MR) is 73.0 cm³/mol. The van der Waals surface area contributed by atoms with Crippen molar-refractivity contribution in [2.24, 2.45) is 5.73 Å². The molecule has 2 rings (SSSR count). The van der Waals surface area contributed by atoms with Gasteiger partial charge in [0, 0.05) is 24.8 Å². The molecule has 1 aromatic carbocycles. The first-order chi connectivity index (χ1) is 9.89. The highest BCUT2D eigenvalue weighted by atomic mass is 32.2. The second kappa shape index (κ2) is 6.35. The minimum atomic E-state index is -4.04. The molecule has 5 nitrogen and oxygen atoms in total. The third-order valence-corrected chi connectivity index (χ3v) is 5.00. The SMILES string of the molecule is CCOC1CC(NS(=O)(=O)c2ccc(F)c(CN)c2F)C1. The van der Waals surface area contributed by atoms with Gasteiger partial charge in [-0.05, 0) is 31.9 Å². The van der Waals surface area contributed by atoms with E-state index >= 15 is 0 Å². The van der Waals surface area contributed by atoms with E-state index in [0.29, 0.717) is 19.4 Å². The fraction of sp³-hybridized carbons (Fsp3) is 0.538. The van der Waals surface area contributed by atoms with E-state index in [4.69, 9.17) is 10.5 Å². The van der Waals surface area contributed by atoms with Gasteiger partial charge in [-0.25, -0.2) is 21.9 Å². The van der Waals surface area contributed by atoms with Crippen molar-refractivity contribution in [2.45, 2.75) is 43.4 Å². The topological polar surface area (TPSA) is 81.4 Å². The second-order valence-electron chi connectivity index (χ2n) is 4.91. The number of benzene rings is 1. The summed E-state index contributed by atoms with van der Waals surface area (Å²) in [4.78, 5) is -0.579. The van der Waals surface area contributed by atoms with Gasteiger partial charge in [0.05, 0.1) is 6.10 Å². The van der Waals surface area contributed by atoms with Crippen LogP contribution in [0.15, 0.2) is 17.0 Å². The lowest BCUT2D eigenvalue weighted by Crippen LogP contribution is -2.47. The van der Waals surface area contributed by atoms with Crippen LogP contribution in [0.3, 0.4) is 0 Å². The fourth-order valence-electron chi connectivity index (χ4n) is 2.29. The average Bonchev–Trinajstić information content (AvgIpc) is 2.36. The van der Waals surface area contributed by atoms with E-state index in [-0.39, 0.29) is 12.1 Å². The van der Waals surface area contributed by atoms with E-state index in [9.17, 15) is 17.2 Å². The van der Waals surface area contributed by atoms with Crippen LogP contribution in [0.25, 0.3) is 0 Å². The third-order valence-electron chi connectivity index (χ3n) is 3.46. The van der Waals surface area contributed by atoms with Crippen LogP contribution in [-0.2, 0) is 21.3 Å². The molecule has 0 saturated heterocycles. The van der Waals surface area contributed by atoms with Gasteiger partial charge in [-0.3, -0.25) is 0 Å². The largest absolute Gasteiger partial charge is 0.378 e. The van der Waals surface area contributed by atoms with Crippen LogP contribution in [0.4, 0.5) is 8.78 Å².